The van der Waals surface area contributed by atoms with E-state index >= 15 is 4.39 Å². The number of carbonyl (C=O) groups is 3. The summed E-state index contributed by atoms with van der Waals surface area (Å²) >= 11 is 5.42. The quantitative estimate of drug-likeness (QED) is 0.194. The lowest BCUT2D eigenvalue weighted by atomic mass is 9.85. The Kier molecular flexibility index (Phi) is 10.1. The standard InChI is InChI=1S/C26H35ClFN4O5/c1-6-26(5,31-24(35)37-25(2,3)4)23(34)36-18-11-10-17(19(28)12-18)15-32(14-16-8-7-9-16)22(33)20(29)13-21(27)30/h10-13,16H,6-9,14-15,29H2,1-5H3,(H,31,35)/q-1/b20-13-. The van der Waals surface area contributed by atoms with Crippen molar-refractivity contribution in [3.8, 4) is 5.75 Å². The molecule has 1 fully saturated rings. The van der Waals surface area contributed by atoms with Crippen LogP contribution in [0.2, 0.25) is 0 Å². The van der Waals surface area contributed by atoms with E-state index in [9.17, 15) is 19.8 Å². The summed E-state index contributed by atoms with van der Waals surface area (Å²) in [6.45, 7) is 8.57. The highest BCUT2D eigenvalue weighted by molar-refractivity contribution is 6.69. The molecule has 0 spiro atoms. The lowest BCUT2D eigenvalue weighted by molar-refractivity contribution is -0.141. The summed E-state index contributed by atoms with van der Waals surface area (Å²) in [6.07, 6.45) is 3.32. The number of ether oxygens (including phenoxy) is 2. The molecule has 0 aromatic heterocycles. The van der Waals surface area contributed by atoms with Crippen LogP contribution in [0, 0.1) is 11.7 Å². The number of alkyl carbamates (subject to hydrolysis) is 1. The number of amides is 2. The van der Waals surface area contributed by atoms with E-state index in [0.29, 0.717) is 6.54 Å². The molecule has 1 unspecified atom stereocenters. The van der Waals surface area contributed by atoms with Gasteiger partial charge < -0.3 is 30.8 Å². The molecule has 3 N–H and O–H groups in total. The SMILES string of the molecule is CCC(C)(NC(=O)OC(C)(C)C)C(=O)Oc1ccc(CN(CC2CCC2)C(=O)/C(N)=C/C(=[N-])Cl)c(F)c1. The predicted molar refractivity (Wildman–Crippen MR) is 139 cm³/mol. The van der Waals surface area contributed by atoms with Crippen LogP contribution in [0.3, 0.4) is 0 Å². The predicted octanol–water partition coefficient (Wildman–Crippen LogP) is 4.60. The zero-order valence-electron chi connectivity index (χ0n) is 21.9. The number of nitrogens with zero attached hydrogens (tertiary/aromatic N) is 2. The number of esters is 1. The number of hydrogen-bond donors (Lipinski definition) is 2. The van der Waals surface area contributed by atoms with Crippen LogP contribution in [0.4, 0.5) is 9.18 Å². The molecular formula is C26H35ClFN4O5-. The number of hydrogen-bond acceptors (Lipinski definition) is 6. The first kappa shape index (κ1) is 30.1. The number of nitrogens with two attached hydrogens (primary N) is 1. The van der Waals surface area contributed by atoms with Gasteiger partial charge in [-0.3, -0.25) is 4.79 Å². The Hall–Kier alpha value is -3.14. The topological polar surface area (TPSA) is 133 Å². The zero-order chi connectivity index (χ0) is 28.0. The number of benzene rings is 1. The second-order valence-electron chi connectivity index (χ2n) is 10.4. The summed E-state index contributed by atoms with van der Waals surface area (Å²) in [4.78, 5) is 39.2. The highest BCUT2D eigenvalue weighted by Gasteiger charge is 2.37. The maximum Gasteiger partial charge on any atom is 0.408 e. The van der Waals surface area contributed by atoms with E-state index < -0.39 is 40.1 Å². The molecule has 2 rings (SSSR count). The molecule has 0 saturated heterocycles. The Bertz CT molecular complexity index is 1070. The van der Waals surface area contributed by atoms with Crippen LogP contribution < -0.4 is 15.8 Å². The molecule has 2 amide bonds. The summed E-state index contributed by atoms with van der Waals surface area (Å²) in [5, 5.41) is 11.1. The van der Waals surface area contributed by atoms with Gasteiger partial charge in [-0.1, -0.05) is 24.6 Å². The van der Waals surface area contributed by atoms with Gasteiger partial charge in [0.1, 0.15) is 22.7 Å². The van der Waals surface area contributed by atoms with Crippen LogP contribution in [-0.4, -0.2) is 45.7 Å². The molecule has 1 aliphatic rings. The molecule has 9 nitrogen and oxygen atoms in total. The minimum absolute atomic E-state index is 0.0603. The molecule has 1 aromatic rings. The molecule has 1 saturated carbocycles. The molecule has 204 valence electrons. The number of rotatable bonds is 10. The van der Waals surface area contributed by atoms with Gasteiger partial charge >= 0.3 is 12.1 Å². The minimum Gasteiger partial charge on any atom is -0.793 e. The first-order valence-corrected chi connectivity index (χ1v) is 12.5. The van der Waals surface area contributed by atoms with Crippen molar-refractivity contribution in [1.82, 2.24) is 10.2 Å². The average molecular weight is 538 g/mol. The highest BCUT2D eigenvalue weighted by atomic mass is 35.5. The minimum atomic E-state index is -1.40. The van der Waals surface area contributed by atoms with Crippen LogP contribution in [0.1, 0.15) is 65.9 Å². The molecule has 11 heteroatoms. The maximum absolute atomic E-state index is 15.0. The van der Waals surface area contributed by atoms with E-state index in [-0.39, 0.29) is 35.9 Å². The summed E-state index contributed by atoms with van der Waals surface area (Å²) in [7, 11) is 0. The normalized spacial score (nSPS) is 15.7. The van der Waals surface area contributed by atoms with E-state index in [1.54, 1.807) is 27.7 Å². The van der Waals surface area contributed by atoms with E-state index in [0.717, 1.165) is 31.4 Å². The van der Waals surface area contributed by atoms with Crippen LogP contribution in [0.25, 0.3) is 5.41 Å². The monoisotopic (exact) mass is 537 g/mol. The summed E-state index contributed by atoms with van der Waals surface area (Å²) in [5.74, 6) is -1.84. The fourth-order valence-electron chi connectivity index (χ4n) is 3.54. The second-order valence-corrected chi connectivity index (χ2v) is 10.7. The lowest BCUT2D eigenvalue weighted by Crippen LogP contribution is -2.54. The smallest absolute Gasteiger partial charge is 0.408 e. The fraction of sp³-hybridized carbons (Fsp3) is 0.538. The number of halogens is 2. The summed E-state index contributed by atoms with van der Waals surface area (Å²) < 4.78 is 25.6. The molecule has 1 atom stereocenters. The van der Waals surface area contributed by atoms with E-state index in [1.807, 2.05) is 0 Å². The van der Waals surface area contributed by atoms with Crippen molar-refractivity contribution < 1.29 is 28.2 Å². The van der Waals surface area contributed by atoms with Crippen LogP contribution in [0.5, 0.6) is 5.75 Å². The molecule has 37 heavy (non-hydrogen) atoms. The molecule has 1 aromatic carbocycles. The van der Waals surface area contributed by atoms with Gasteiger partial charge in [0.25, 0.3) is 5.91 Å². The third-order valence-electron chi connectivity index (χ3n) is 6.04. The largest absolute Gasteiger partial charge is 0.793 e. The first-order chi connectivity index (χ1) is 17.1. The molecule has 0 radical (unpaired) electrons. The van der Waals surface area contributed by atoms with Crippen molar-refractivity contribution in [2.24, 2.45) is 11.7 Å². The van der Waals surface area contributed by atoms with Gasteiger partial charge in [-0.25, -0.2) is 14.0 Å². The highest BCUT2D eigenvalue weighted by Crippen LogP contribution is 2.29. The maximum atomic E-state index is 15.0. The van der Waals surface area contributed by atoms with Gasteiger partial charge in [0.05, 0.1) is 5.70 Å². The molecule has 0 aliphatic heterocycles. The van der Waals surface area contributed by atoms with Crippen molar-refractivity contribution in [2.45, 2.75) is 78.0 Å². The third kappa shape index (κ3) is 9.03. The van der Waals surface area contributed by atoms with Gasteiger partial charge in [0.15, 0.2) is 0 Å². The summed E-state index contributed by atoms with van der Waals surface area (Å²) in [6, 6.07) is 3.86. The molecular weight excluding hydrogens is 503 g/mol. The van der Waals surface area contributed by atoms with Crippen LogP contribution in [-0.2, 0) is 20.9 Å². The van der Waals surface area contributed by atoms with Gasteiger partial charge in [0.2, 0.25) is 0 Å². The molecule has 0 bridgehead atoms. The summed E-state index contributed by atoms with van der Waals surface area (Å²) in [5.41, 5.74) is 3.52. The molecule has 1 aliphatic carbocycles. The van der Waals surface area contributed by atoms with Crippen molar-refractivity contribution in [1.29, 1.82) is 0 Å². The van der Waals surface area contributed by atoms with Crippen molar-refractivity contribution in [3.05, 3.63) is 46.8 Å². The Morgan fingerprint density at radius 2 is 1.92 bits per heavy atom. The molecule has 0 heterocycles. The van der Waals surface area contributed by atoms with Gasteiger partial charge in [0, 0.05) is 24.7 Å². The van der Waals surface area contributed by atoms with Gasteiger partial charge in [-0.2, -0.15) is 0 Å². The van der Waals surface area contributed by atoms with Crippen molar-refractivity contribution in [3.63, 3.8) is 0 Å². The van der Waals surface area contributed by atoms with Gasteiger partial charge in [-0.15, -0.1) is 11.6 Å². The van der Waals surface area contributed by atoms with Crippen LogP contribution in [0.15, 0.2) is 30.0 Å². The number of carbonyl (C=O) groups excluding carboxylic acids is 3. The Balaban J connectivity index is 2.15. The Morgan fingerprint density at radius 1 is 1.27 bits per heavy atom. The first-order valence-electron chi connectivity index (χ1n) is 12.1. The van der Waals surface area contributed by atoms with Crippen molar-refractivity contribution in [2.75, 3.05) is 6.54 Å². The van der Waals surface area contributed by atoms with E-state index in [2.05, 4.69) is 5.32 Å². The van der Waals surface area contributed by atoms with E-state index in [1.165, 1.54) is 24.0 Å². The zero-order valence-corrected chi connectivity index (χ0v) is 22.7. The second kappa shape index (κ2) is 12.4. The Labute approximate surface area is 222 Å². The number of nitrogens with one attached hydrogen (secondary N) is 1. The lowest BCUT2D eigenvalue weighted by Gasteiger charge is -2.32. The third-order valence-corrected chi connectivity index (χ3v) is 6.15. The fourth-order valence-corrected chi connectivity index (χ4v) is 3.65. The number of allylic oxidation sites excluding steroid dienone is 1. The van der Waals surface area contributed by atoms with Crippen molar-refractivity contribution >= 4 is 34.7 Å². The Morgan fingerprint density at radius 3 is 2.41 bits per heavy atom. The van der Waals surface area contributed by atoms with Gasteiger partial charge in [-0.05, 0) is 65.0 Å². The van der Waals surface area contributed by atoms with Crippen LogP contribution >= 0.6 is 11.6 Å². The average Bonchev–Trinajstić information content (AvgIpc) is 2.74. The van der Waals surface area contributed by atoms with E-state index in [4.69, 9.17) is 26.8 Å².